The zero-order valence-electron chi connectivity index (χ0n) is 10.2. The first kappa shape index (κ1) is 14.2. The topological polar surface area (TPSA) is 140 Å². The fourth-order valence-corrected chi connectivity index (χ4v) is 2.13. The minimum atomic E-state index is -2.18. The zero-order chi connectivity index (χ0) is 14.4. The van der Waals surface area contributed by atoms with Gasteiger partial charge in [0.25, 0.3) is 5.91 Å². The van der Waals surface area contributed by atoms with Crippen LogP contribution in [0.15, 0.2) is 0 Å². The molecule has 5 atom stereocenters. The highest BCUT2D eigenvalue weighted by molar-refractivity contribution is 6.01. The van der Waals surface area contributed by atoms with Gasteiger partial charge in [-0.05, 0) is 6.92 Å². The van der Waals surface area contributed by atoms with Gasteiger partial charge in [-0.2, -0.15) is 0 Å². The molecule has 2 fully saturated rings. The number of hydrogen-bond donors (Lipinski definition) is 5. The maximum Gasteiger partial charge on any atom is 0.328 e. The average Bonchev–Trinajstić information content (AvgIpc) is 2.68. The van der Waals surface area contributed by atoms with Crippen LogP contribution in [0.5, 0.6) is 0 Å². The first-order valence-electron chi connectivity index (χ1n) is 5.77. The molecule has 0 saturated carbocycles. The minimum absolute atomic E-state index is 0.0417. The Morgan fingerprint density at radius 3 is 2.63 bits per heavy atom. The van der Waals surface area contributed by atoms with Gasteiger partial charge in [0.1, 0.15) is 12.3 Å². The van der Waals surface area contributed by atoms with E-state index in [1.807, 2.05) is 5.32 Å². The Morgan fingerprint density at radius 2 is 2.11 bits per heavy atom. The van der Waals surface area contributed by atoms with Crippen molar-refractivity contribution in [1.82, 2.24) is 10.2 Å². The summed E-state index contributed by atoms with van der Waals surface area (Å²) >= 11 is 0. The van der Waals surface area contributed by atoms with E-state index in [9.17, 15) is 24.9 Å². The molecule has 0 spiro atoms. The fraction of sp³-hybridized carbons (Fsp3) is 0.800. The summed E-state index contributed by atoms with van der Waals surface area (Å²) < 4.78 is 5.21. The van der Waals surface area contributed by atoms with Gasteiger partial charge in [-0.15, -0.1) is 0 Å². The lowest BCUT2D eigenvalue weighted by Gasteiger charge is -2.42. The Labute approximate surface area is 108 Å². The third-order valence-electron chi connectivity index (χ3n) is 3.38. The SMILES string of the molecule is C[C@@]1(O)C(=O)NC(=O)N([C@H]2C[C@H](O)[C@@H](CO)O2)[C@@H]1O. The Morgan fingerprint density at radius 1 is 1.47 bits per heavy atom. The van der Waals surface area contributed by atoms with Crippen molar-refractivity contribution in [3.63, 3.8) is 0 Å². The zero-order valence-corrected chi connectivity index (χ0v) is 10.2. The number of nitrogens with zero attached hydrogens (tertiary/aromatic N) is 1. The largest absolute Gasteiger partial charge is 0.394 e. The van der Waals surface area contributed by atoms with Crippen LogP contribution >= 0.6 is 0 Å². The number of nitrogens with one attached hydrogen (secondary N) is 1. The first-order chi connectivity index (χ1) is 8.78. The van der Waals surface area contributed by atoms with Crippen molar-refractivity contribution in [2.24, 2.45) is 0 Å². The Bertz CT molecular complexity index is 399. The third-order valence-corrected chi connectivity index (χ3v) is 3.38. The van der Waals surface area contributed by atoms with E-state index in [1.165, 1.54) is 0 Å². The monoisotopic (exact) mass is 276 g/mol. The number of amides is 3. The lowest BCUT2D eigenvalue weighted by molar-refractivity contribution is -0.193. The van der Waals surface area contributed by atoms with E-state index in [0.29, 0.717) is 0 Å². The third kappa shape index (κ3) is 2.19. The van der Waals surface area contributed by atoms with Crippen molar-refractivity contribution >= 4 is 11.9 Å². The molecule has 108 valence electrons. The van der Waals surface area contributed by atoms with Gasteiger partial charge in [0.15, 0.2) is 11.8 Å². The van der Waals surface area contributed by atoms with Gasteiger partial charge in [-0.3, -0.25) is 15.0 Å². The predicted molar refractivity (Wildman–Crippen MR) is 58.4 cm³/mol. The number of hydrogen-bond acceptors (Lipinski definition) is 7. The van der Waals surface area contributed by atoms with E-state index < -0.39 is 48.8 Å². The van der Waals surface area contributed by atoms with Gasteiger partial charge >= 0.3 is 6.03 Å². The second-order valence-electron chi connectivity index (χ2n) is 4.80. The number of carbonyl (C=O) groups excluding carboxylic acids is 2. The molecule has 0 aromatic heterocycles. The highest BCUT2D eigenvalue weighted by Gasteiger charge is 2.53. The molecule has 0 aliphatic carbocycles. The van der Waals surface area contributed by atoms with E-state index in [2.05, 4.69) is 0 Å². The molecule has 0 aromatic carbocycles. The Hall–Kier alpha value is -1.26. The summed E-state index contributed by atoms with van der Waals surface area (Å²) in [5.41, 5.74) is -2.18. The average molecular weight is 276 g/mol. The number of ether oxygens (including phenoxy) is 1. The van der Waals surface area contributed by atoms with Crippen LogP contribution in [-0.2, 0) is 9.53 Å². The second kappa shape index (κ2) is 4.69. The number of aliphatic hydroxyl groups excluding tert-OH is 3. The van der Waals surface area contributed by atoms with E-state index in [1.54, 1.807) is 0 Å². The number of urea groups is 1. The van der Waals surface area contributed by atoms with Crippen LogP contribution in [-0.4, -0.2) is 74.1 Å². The van der Waals surface area contributed by atoms with Crippen LogP contribution < -0.4 is 5.32 Å². The van der Waals surface area contributed by atoms with Crippen LogP contribution in [0.2, 0.25) is 0 Å². The number of rotatable bonds is 2. The summed E-state index contributed by atoms with van der Waals surface area (Å²) in [4.78, 5) is 23.8. The molecule has 0 bridgehead atoms. The molecule has 0 aromatic rings. The van der Waals surface area contributed by atoms with E-state index in [4.69, 9.17) is 9.84 Å². The van der Waals surface area contributed by atoms with Crippen LogP contribution in [0, 0.1) is 0 Å². The quantitative estimate of drug-likeness (QED) is 0.364. The molecule has 0 unspecified atom stereocenters. The second-order valence-corrected chi connectivity index (χ2v) is 4.80. The molecule has 19 heavy (non-hydrogen) atoms. The highest BCUT2D eigenvalue weighted by atomic mass is 16.6. The molecule has 2 saturated heterocycles. The van der Waals surface area contributed by atoms with Crippen molar-refractivity contribution < 1.29 is 34.8 Å². The lowest BCUT2D eigenvalue weighted by atomic mass is 10.00. The van der Waals surface area contributed by atoms with Gasteiger partial charge in [0, 0.05) is 6.42 Å². The fourth-order valence-electron chi connectivity index (χ4n) is 2.13. The van der Waals surface area contributed by atoms with Crippen LogP contribution in [0.25, 0.3) is 0 Å². The number of imide groups is 1. The summed E-state index contributed by atoms with van der Waals surface area (Å²) in [6.07, 6.45) is -4.77. The minimum Gasteiger partial charge on any atom is -0.394 e. The smallest absolute Gasteiger partial charge is 0.328 e. The molecular weight excluding hydrogens is 260 g/mol. The van der Waals surface area contributed by atoms with Gasteiger partial charge in [-0.1, -0.05) is 0 Å². The first-order valence-corrected chi connectivity index (χ1v) is 5.77. The summed E-state index contributed by atoms with van der Waals surface area (Å²) in [7, 11) is 0. The van der Waals surface area contributed by atoms with Gasteiger partial charge in [-0.25, -0.2) is 4.79 Å². The molecule has 0 radical (unpaired) electrons. The maximum atomic E-state index is 11.7. The molecule has 2 rings (SSSR count). The van der Waals surface area contributed by atoms with Crippen LogP contribution in [0.3, 0.4) is 0 Å². The van der Waals surface area contributed by atoms with Crippen molar-refractivity contribution in [3.05, 3.63) is 0 Å². The lowest BCUT2D eigenvalue weighted by Crippen LogP contribution is -2.70. The molecule has 2 heterocycles. The summed E-state index contributed by atoms with van der Waals surface area (Å²) in [5, 5.41) is 40.2. The van der Waals surface area contributed by atoms with Gasteiger partial charge in [0.2, 0.25) is 0 Å². The molecule has 9 heteroatoms. The van der Waals surface area contributed by atoms with Gasteiger partial charge < -0.3 is 25.2 Å². The molecule has 2 aliphatic heterocycles. The van der Waals surface area contributed by atoms with Crippen molar-refractivity contribution in [2.45, 2.75) is 43.6 Å². The van der Waals surface area contributed by atoms with E-state index in [0.717, 1.165) is 11.8 Å². The predicted octanol–water partition coefficient (Wildman–Crippen LogP) is -2.92. The normalized spacial score (nSPS) is 43.5. The van der Waals surface area contributed by atoms with Crippen molar-refractivity contribution in [1.29, 1.82) is 0 Å². The molecule has 9 nitrogen and oxygen atoms in total. The van der Waals surface area contributed by atoms with Crippen LogP contribution in [0.1, 0.15) is 13.3 Å². The number of aliphatic hydroxyl groups is 4. The van der Waals surface area contributed by atoms with Crippen LogP contribution in [0.4, 0.5) is 4.79 Å². The summed E-state index contributed by atoms with van der Waals surface area (Å²) in [6, 6.07) is -0.931. The van der Waals surface area contributed by atoms with E-state index in [-0.39, 0.29) is 6.42 Å². The summed E-state index contributed by atoms with van der Waals surface area (Å²) in [5.74, 6) is -1.02. The van der Waals surface area contributed by atoms with Crippen molar-refractivity contribution in [2.75, 3.05) is 6.61 Å². The summed E-state index contributed by atoms with van der Waals surface area (Å²) in [6.45, 7) is 0.611. The molecule has 2 aliphatic rings. The Kier molecular flexibility index (Phi) is 3.49. The molecule has 3 amide bonds. The van der Waals surface area contributed by atoms with E-state index >= 15 is 0 Å². The highest BCUT2D eigenvalue weighted by Crippen LogP contribution is 2.29. The molecule has 5 N–H and O–H groups in total. The molecular formula is C10H16N2O7. The number of carbonyl (C=O) groups is 2. The maximum absolute atomic E-state index is 11.7. The Balaban J connectivity index is 2.20. The van der Waals surface area contributed by atoms with Crippen molar-refractivity contribution in [3.8, 4) is 0 Å². The standard InChI is InChI=1S/C10H16N2O7/c1-10(18)7(15)11-9(17)12(8(10)16)6-2-4(14)5(3-13)19-6/h4-6,8,13-14,16,18H,2-3H2,1H3,(H,11,15,17)/t4-,5+,6+,8+,10+/m0/s1. The van der Waals surface area contributed by atoms with Gasteiger partial charge in [0.05, 0.1) is 12.7 Å².